The van der Waals surface area contributed by atoms with Crippen LogP contribution in [-0.2, 0) is 0 Å². The molecule has 23 heavy (non-hydrogen) atoms. The number of nitrogens with zero attached hydrogens (tertiary/aromatic N) is 1. The number of rotatable bonds is 3. The summed E-state index contributed by atoms with van der Waals surface area (Å²) in [6, 6.07) is 13.5. The van der Waals surface area contributed by atoms with Gasteiger partial charge in [0.2, 0.25) is 5.88 Å². The topological polar surface area (TPSA) is 110 Å². The zero-order valence-electron chi connectivity index (χ0n) is 12.3. The van der Waals surface area contributed by atoms with Crippen molar-refractivity contribution in [1.29, 1.82) is 0 Å². The fourth-order valence-corrected chi connectivity index (χ4v) is 2.33. The standard InChI is InChI=1S/C16H14N4O3/c1-9(13-14(21)17-16(23)18-15(13)22)19-20-12-8-4-6-10-5-2-3-7-11(10)12/h2-8,20H,1H3,(H3,17,18,21,22,23). The van der Waals surface area contributed by atoms with Crippen LogP contribution in [0.25, 0.3) is 10.8 Å². The van der Waals surface area contributed by atoms with Gasteiger partial charge in [-0.15, -0.1) is 0 Å². The monoisotopic (exact) mass is 310 g/mol. The molecule has 0 unspecified atom stereocenters. The maximum atomic E-state index is 11.8. The third-order valence-electron chi connectivity index (χ3n) is 3.42. The minimum absolute atomic E-state index is 0.0858. The summed E-state index contributed by atoms with van der Waals surface area (Å²) in [6.07, 6.45) is 0. The Labute approximate surface area is 130 Å². The van der Waals surface area contributed by atoms with E-state index in [0.717, 1.165) is 16.5 Å². The van der Waals surface area contributed by atoms with Gasteiger partial charge in [0.15, 0.2) is 0 Å². The second-order valence-electron chi connectivity index (χ2n) is 4.97. The van der Waals surface area contributed by atoms with Crippen LogP contribution in [0.5, 0.6) is 5.88 Å². The van der Waals surface area contributed by atoms with Gasteiger partial charge in [-0.05, 0) is 18.4 Å². The minimum atomic E-state index is -0.772. The van der Waals surface area contributed by atoms with E-state index >= 15 is 0 Å². The number of aromatic nitrogens is 2. The lowest BCUT2D eigenvalue weighted by Crippen LogP contribution is -2.27. The van der Waals surface area contributed by atoms with Crippen LogP contribution in [0.2, 0.25) is 0 Å². The number of nitrogens with one attached hydrogen (secondary N) is 3. The van der Waals surface area contributed by atoms with Crippen LogP contribution >= 0.6 is 0 Å². The average molecular weight is 310 g/mol. The van der Waals surface area contributed by atoms with Crippen molar-refractivity contribution in [3.05, 3.63) is 68.9 Å². The molecule has 7 heteroatoms. The quantitative estimate of drug-likeness (QED) is 0.436. The third kappa shape index (κ3) is 2.84. The Morgan fingerprint density at radius 2 is 1.83 bits per heavy atom. The average Bonchev–Trinajstić information content (AvgIpc) is 2.52. The Morgan fingerprint density at radius 1 is 1.09 bits per heavy atom. The molecule has 1 heterocycles. The molecule has 7 nitrogen and oxygen atoms in total. The summed E-state index contributed by atoms with van der Waals surface area (Å²) < 4.78 is 0. The SMILES string of the molecule is CC(=NNc1cccc2ccccc12)c1c(O)[nH]c(=O)[nH]c1=O. The van der Waals surface area contributed by atoms with Crippen molar-refractivity contribution in [3.63, 3.8) is 0 Å². The predicted octanol–water partition coefficient (Wildman–Crippen LogP) is 1.76. The molecule has 0 saturated carbocycles. The summed E-state index contributed by atoms with van der Waals surface area (Å²) >= 11 is 0. The van der Waals surface area contributed by atoms with E-state index in [9.17, 15) is 14.7 Å². The number of fused-ring (bicyclic) bond motifs is 1. The number of aromatic hydroxyl groups is 1. The van der Waals surface area contributed by atoms with Crippen molar-refractivity contribution in [3.8, 4) is 5.88 Å². The first kappa shape index (κ1) is 14.6. The molecule has 1 aromatic heterocycles. The van der Waals surface area contributed by atoms with Crippen molar-refractivity contribution in [2.45, 2.75) is 6.92 Å². The molecular weight excluding hydrogens is 296 g/mol. The largest absolute Gasteiger partial charge is 0.494 e. The highest BCUT2D eigenvalue weighted by molar-refractivity contribution is 6.01. The molecule has 0 atom stereocenters. The molecule has 4 N–H and O–H groups in total. The van der Waals surface area contributed by atoms with Gasteiger partial charge in [0.05, 0.1) is 11.4 Å². The molecule has 0 fully saturated rings. The minimum Gasteiger partial charge on any atom is -0.494 e. The number of anilines is 1. The zero-order chi connectivity index (χ0) is 16.4. The van der Waals surface area contributed by atoms with E-state index < -0.39 is 17.1 Å². The van der Waals surface area contributed by atoms with Gasteiger partial charge in [-0.2, -0.15) is 5.10 Å². The van der Waals surface area contributed by atoms with Gasteiger partial charge in [0.1, 0.15) is 5.56 Å². The second-order valence-corrected chi connectivity index (χ2v) is 4.97. The lowest BCUT2D eigenvalue weighted by Gasteiger charge is -2.07. The summed E-state index contributed by atoms with van der Waals surface area (Å²) in [5, 5.41) is 15.9. The fourth-order valence-electron chi connectivity index (χ4n) is 2.33. The number of hydrazone groups is 1. The molecule has 0 bridgehead atoms. The Balaban J connectivity index is 1.99. The Kier molecular flexibility index (Phi) is 3.68. The van der Waals surface area contributed by atoms with Gasteiger partial charge < -0.3 is 5.11 Å². The number of H-pyrrole nitrogens is 2. The van der Waals surface area contributed by atoms with Gasteiger partial charge in [-0.3, -0.25) is 20.2 Å². The van der Waals surface area contributed by atoms with E-state index in [-0.39, 0.29) is 11.3 Å². The van der Waals surface area contributed by atoms with Crippen molar-refractivity contribution < 1.29 is 5.11 Å². The lowest BCUT2D eigenvalue weighted by molar-refractivity contribution is 0.447. The van der Waals surface area contributed by atoms with Crippen molar-refractivity contribution >= 4 is 22.2 Å². The maximum Gasteiger partial charge on any atom is 0.328 e. The van der Waals surface area contributed by atoms with Crippen LogP contribution in [-0.4, -0.2) is 20.8 Å². The highest BCUT2D eigenvalue weighted by Crippen LogP contribution is 2.23. The molecule has 116 valence electrons. The van der Waals surface area contributed by atoms with Crippen LogP contribution < -0.4 is 16.7 Å². The van der Waals surface area contributed by atoms with Crippen LogP contribution in [0.1, 0.15) is 12.5 Å². The molecule has 0 spiro atoms. The van der Waals surface area contributed by atoms with E-state index in [1.807, 2.05) is 42.5 Å². The van der Waals surface area contributed by atoms with Crippen LogP contribution in [0, 0.1) is 0 Å². The molecule has 2 aromatic carbocycles. The second kappa shape index (κ2) is 5.80. The molecule has 0 amide bonds. The normalized spacial score (nSPS) is 11.6. The number of hydrogen-bond acceptors (Lipinski definition) is 5. The van der Waals surface area contributed by atoms with Gasteiger partial charge in [-0.25, -0.2) is 4.79 Å². The predicted molar refractivity (Wildman–Crippen MR) is 89.1 cm³/mol. The summed E-state index contributed by atoms with van der Waals surface area (Å²) in [5.41, 5.74) is 2.34. The van der Waals surface area contributed by atoms with Crippen LogP contribution in [0.3, 0.4) is 0 Å². The highest BCUT2D eigenvalue weighted by Gasteiger charge is 2.12. The zero-order valence-corrected chi connectivity index (χ0v) is 12.3. The number of aromatic amines is 2. The third-order valence-corrected chi connectivity index (χ3v) is 3.42. The Hall–Kier alpha value is -3.35. The van der Waals surface area contributed by atoms with Gasteiger partial charge in [-0.1, -0.05) is 36.4 Å². The first-order valence-corrected chi connectivity index (χ1v) is 6.90. The molecule has 3 aromatic rings. The van der Waals surface area contributed by atoms with E-state index in [4.69, 9.17) is 0 Å². The smallest absolute Gasteiger partial charge is 0.328 e. The van der Waals surface area contributed by atoms with Gasteiger partial charge >= 0.3 is 5.69 Å². The maximum absolute atomic E-state index is 11.8. The first-order chi connectivity index (χ1) is 11.1. The Bertz CT molecular complexity index is 1010. The molecular formula is C16H14N4O3. The lowest BCUT2D eigenvalue weighted by atomic mass is 10.1. The number of hydrogen-bond donors (Lipinski definition) is 4. The molecule has 0 aliphatic heterocycles. The van der Waals surface area contributed by atoms with E-state index in [0.29, 0.717) is 0 Å². The van der Waals surface area contributed by atoms with Gasteiger partial charge in [0.25, 0.3) is 5.56 Å². The summed E-state index contributed by atoms with van der Waals surface area (Å²) in [5.74, 6) is -0.514. The summed E-state index contributed by atoms with van der Waals surface area (Å²) in [7, 11) is 0. The van der Waals surface area contributed by atoms with Crippen LogP contribution in [0.4, 0.5) is 5.69 Å². The van der Waals surface area contributed by atoms with Gasteiger partial charge in [0, 0.05) is 5.39 Å². The summed E-state index contributed by atoms with van der Waals surface area (Å²) in [4.78, 5) is 27.0. The first-order valence-electron chi connectivity index (χ1n) is 6.90. The van der Waals surface area contributed by atoms with E-state index in [1.54, 1.807) is 6.92 Å². The van der Waals surface area contributed by atoms with Crippen LogP contribution in [0.15, 0.2) is 57.2 Å². The molecule has 0 saturated heterocycles. The van der Waals surface area contributed by atoms with Crippen molar-refractivity contribution in [2.24, 2.45) is 5.10 Å². The van der Waals surface area contributed by atoms with E-state index in [1.165, 1.54) is 0 Å². The van der Waals surface area contributed by atoms with Crippen molar-refractivity contribution in [2.75, 3.05) is 5.43 Å². The molecule has 0 aliphatic carbocycles. The molecule has 0 aliphatic rings. The Morgan fingerprint density at radius 3 is 2.61 bits per heavy atom. The van der Waals surface area contributed by atoms with Crippen molar-refractivity contribution in [1.82, 2.24) is 9.97 Å². The highest BCUT2D eigenvalue weighted by atomic mass is 16.3. The molecule has 0 radical (unpaired) electrons. The fraction of sp³-hybridized carbons (Fsp3) is 0.0625. The molecule has 3 rings (SSSR count). The summed E-state index contributed by atoms with van der Waals surface area (Å²) in [6.45, 7) is 1.56. The number of benzene rings is 2. The van der Waals surface area contributed by atoms with E-state index in [2.05, 4.69) is 20.5 Å².